The van der Waals surface area contributed by atoms with Crippen molar-refractivity contribution in [3.8, 4) is 0 Å². The molecule has 2 aliphatic carbocycles. The smallest absolute Gasteiger partial charge is 0.144 e. The first-order valence-electron chi connectivity index (χ1n) is 7.04. The van der Waals surface area contributed by atoms with Gasteiger partial charge in [-0.05, 0) is 41.6 Å². The van der Waals surface area contributed by atoms with Crippen molar-refractivity contribution in [1.82, 2.24) is 9.97 Å². The summed E-state index contributed by atoms with van der Waals surface area (Å²) in [4.78, 5) is 9.56. The molecule has 0 atom stereocenters. The summed E-state index contributed by atoms with van der Waals surface area (Å²) in [6.07, 6.45) is 9.09. The topological polar surface area (TPSA) is 37.8 Å². The van der Waals surface area contributed by atoms with Crippen molar-refractivity contribution >= 4 is 21.7 Å². The van der Waals surface area contributed by atoms with Crippen LogP contribution in [0.4, 0.5) is 5.82 Å². The minimum Gasteiger partial charge on any atom is -0.372 e. The molecule has 0 saturated heterocycles. The first kappa shape index (κ1) is 12.4. The van der Waals surface area contributed by atoms with Crippen LogP contribution in [0.25, 0.3) is 0 Å². The molecule has 0 aromatic carbocycles. The maximum atomic E-state index is 4.89. The second kappa shape index (κ2) is 5.16. The van der Waals surface area contributed by atoms with Crippen LogP contribution in [0.15, 0.2) is 4.47 Å². The van der Waals surface area contributed by atoms with Gasteiger partial charge in [-0.25, -0.2) is 9.97 Å². The molecule has 0 amide bonds. The molecule has 1 heterocycles. The van der Waals surface area contributed by atoms with Gasteiger partial charge in [0.05, 0.1) is 10.2 Å². The number of aromatic nitrogens is 2. The molecule has 98 valence electrons. The third-order valence-corrected chi connectivity index (χ3v) is 5.12. The van der Waals surface area contributed by atoms with Crippen molar-refractivity contribution in [3.05, 3.63) is 16.0 Å². The van der Waals surface area contributed by atoms with E-state index in [0.29, 0.717) is 11.8 Å². The van der Waals surface area contributed by atoms with Crippen LogP contribution >= 0.6 is 15.9 Å². The van der Waals surface area contributed by atoms with Gasteiger partial charge in [0.15, 0.2) is 0 Å². The van der Waals surface area contributed by atoms with Crippen LogP contribution in [-0.2, 0) is 0 Å². The summed E-state index contributed by atoms with van der Waals surface area (Å²) in [5.41, 5.74) is 1.24. The predicted molar refractivity (Wildman–Crippen MR) is 77.1 cm³/mol. The molecule has 2 fully saturated rings. The molecule has 3 nitrogen and oxygen atoms in total. The van der Waals surface area contributed by atoms with Gasteiger partial charge in [0.25, 0.3) is 0 Å². The molecule has 0 radical (unpaired) electrons. The third-order valence-electron chi connectivity index (χ3n) is 4.34. The maximum absolute atomic E-state index is 4.89. The first-order chi connectivity index (χ1) is 8.79. The molecule has 2 saturated carbocycles. The molecule has 2 aliphatic rings. The van der Waals surface area contributed by atoms with E-state index in [1.165, 1.54) is 50.6 Å². The second-order valence-electron chi connectivity index (χ2n) is 5.49. The van der Waals surface area contributed by atoms with Gasteiger partial charge in [0.2, 0.25) is 0 Å². The highest BCUT2D eigenvalue weighted by Gasteiger charge is 2.28. The Morgan fingerprint density at radius 2 is 1.67 bits per heavy atom. The molecule has 0 bridgehead atoms. The molecule has 3 rings (SSSR count). The fourth-order valence-corrected chi connectivity index (χ4v) is 3.67. The zero-order chi connectivity index (χ0) is 12.5. The molecule has 0 unspecified atom stereocenters. The normalized spacial score (nSPS) is 21.0. The SMILES string of the molecule is CNc1nc(C2CCC2)nc(C2CCCC2)c1Br. The molecular formula is C14H20BrN3. The molecule has 1 aromatic rings. The monoisotopic (exact) mass is 309 g/mol. The van der Waals surface area contributed by atoms with E-state index in [1.54, 1.807) is 0 Å². The lowest BCUT2D eigenvalue weighted by Crippen LogP contribution is -2.16. The Morgan fingerprint density at radius 1 is 1.00 bits per heavy atom. The Bertz CT molecular complexity index is 437. The van der Waals surface area contributed by atoms with Gasteiger partial charge in [-0.2, -0.15) is 0 Å². The molecule has 0 aliphatic heterocycles. The van der Waals surface area contributed by atoms with Crippen molar-refractivity contribution in [1.29, 1.82) is 0 Å². The van der Waals surface area contributed by atoms with Gasteiger partial charge in [-0.15, -0.1) is 0 Å². The summed E-state index contributed by atoms with van der Waals surface area (Å²) in [5, 5.41) is 3.20. The lowest BCUT2D eigenvalue weighted by Gasteiger charge is -2.26. The minimum atomic E-state index is 0.602. The van der Waals surface area contributed by atoms with Crippen molar-refractivity contribution in [2.24, 2.45) is 0 Å². The average Bonchev–Trinajstić information content (AvgIpc) is 2.82. The van der Waals surface area contributed by atoms with Crippen LogP contribution in [0.1, 0.15) is 68.3 Å². The lowest BCUT2D eigenvalue weighted by atomic mass is 9.84. The van der Waals surface area contributed by atoms with Crippen LogP contribution in [0, 0.1) is 0 Å². The third kappa shape index (κ3) is 2.15. The number of halogens is 1. The average molecular weight is 310 g/mol. The summed E-state index contributed by atoms with van der Waals surface area (Å²) in [6, 6.07) is 0. The van der Waals surface area contributed by atoms with Gasteiger partial charge in [0, 0.05) is 18.9 Å². The Labute approximate surface area is 117 Å². The van der Waals surface area contributed by atoms with Crippen LogP contribution in [0.2, 0.25) is 0 Å². The number of nitrogens with one attached hydrogen (secondary N) is 1. The summed E-state index contributed by atoms with van der Waals surface area (Å²) < 4.78 is 1.08. The Hall–Kier alpha value is -0.640. The number of nitrogens with zero attached hydrogens (tertiary/aromatic N) is 2. The number of anilines is 1. The molecule has 1 aromatic heterocycles. The molecule has 1 N–H and O–H groups in total. The van der Waals surface area contributed by atoms with E-state index < -0.39 is 0 Å². The fourth-order valence-electron chi connectivity index (χ4n) is 2.97. The van der Waals surface area contributed by atoms with Crippen LogP contribution in [0.3, 0.4) is 0 Å². The summed E-state index contributed by atoms with van der Waals surface area (Å²) in [6.45, 7) is 0. The van der Waals surface area contributed by atoms with Gasteiger partial charge in [0.1, 0.15) is 11.6 Å². The largest absolute Gasteiger partial charge is 0.372 e. The van der Waals surface area contributed by atoms with E-state index in [1.807, 2.05) is 7.05 Å². The molecule has 4 heteroatoms. The van der Waals surface area contributed by atoms with Gasteiger partial charge in [-0.3, -0.25) is 0 Å². The van der Waals surface area contributed by atoms with E-state index in [0.717, 1.165) is 16.1 Å². The molecule has 18 heavy (non-hydrogen) atoms. The zero-order valence-corrected chi connectivity index (χ0v) is 12.5. The van der Waals surface area contributed by atoms with Gasteiger partial charge >= 0.3 is 0 Å². The molecule has 0 spiro atoms. The van der Waals surface area contributed by atoms with Crippen LogP contribution in [-0.4, -0.2) is 17.0 Å². The van der Waals surface area contributed by atoms with Gasteiger partial charge in [-0.1, -0.05) is 19.3 Å². The Balaban J connectivity index is 1.98. The lowest BCUT2D eigenvalue weighted by molar-refractivity contribution is 0.399. The van der Waals surface area contributed by atoms with E-state index in [4.69, 9.17) is 4.98 Å². The van der Waals surface area contributed by atoms with Crippen molar-refractivity contribution in [2.75, 3.05) is 12.4 Å². The highest BCUT2D eigenvalue weighted by Crippen LogP contribution is 2.41. The number of hydrogen-bond donors (Lipinski definition) is 1. The standard InChI is InChI=1S/C14H20BrN3/c1-16-14-11(15)12(9-5-2-3-6-9)17-13(18-14)10-7-4-8-10/h9-10H,2-8H2,1H3,(H,16,17,18). The Morgan fingerprint density at radius 3 is 2.22 bits per heavy atom. The van der Waals surface area contributed by atoms with Crippen molar-refractivity contribution in [2.45, 2.75) is 56.8 Å². The highest BCUT2D eigenvalue weighted by atomic mass is 79.9. The summed E-state index contributed by atoms with van der Waals surface area (Å²) in [7, 11) is 1.94. The highest BCUT2D eigenvalue weighted by molar-refractivity contribution is 9.10. The van der Waals surface area contributed by atoms with Crippen LogP contribution in [0.5, 0.6) is 0 Å². The van der Waals surface area contributed by atoms with E-state index in [-0.39, 0.29) is 0 Å². The van der Waals surface area contributed by atoms with Crippen LogP contribution < -0.4 is 5.32 Å². The molecular weight excluding hydrogens is 290 g/mol. The van der Waals surface area contributed by atoms with E-state index >= 15 is 0 Å². The second-order valence-corrected chi connectivity index (χ2v) is 6.28. The zero-order valence-electron chi connectivity index (χ0n) is 10.9. The van der Waals surface area contributed by atoms with Crippen molar-refractivity contribution in [3.63, 3.8) is 0 Å². The Kier molecular flexibility index (Phi) is 3.55. The van der Waals surface area contributed by atoms with E-state index in [2.05, 4.69) is 26.2 Å². The number of rotatable bonds is 3. The minimum absolute atomic E-state index is 0.602. The van der Waals surface area contributed by atoms with E-state index in [9.17, 15) is 0 Å². The predicted octanol–water partition coefficient (Wildman–Crippen LogP) is 4.21. The number of hydrogen-bond acceptors (Lipinski definition) is 3. The maximum Gasteiger partial charge on any atom is 0.144 e. The summed E-state index contributed by atoms with van der Waals surface area (Å²) >= 11 is 3.69. The van der Waals surface area contributed by atoms with Gasteiger partial charge < -0.3 is 5.32 Å². The fraction of sp³-hybridized carbons (Fsp3) is 0.714. The van der Waals surface area contributed by atoms with Crippen molar-refractivity contribution < 1.29 is 0 Å². The quantitative estimate of drug-likeness (QED) is 0.909. The summed E-state index contributed by atoms with van der Waals surface area (Å²) in [5.74, 6) is 3.27. The first-order valence-corrected chi connectivity index (χ1v) is 7.84.